The van der Waals surface area contributed by atoms with E-state index in [1.807, 2.05) is 32.6 Å². The zero-order valence-corrected chi connectivity index (χ0v) is 10.1. The quantitative estimate of drug-likeness (QED) is 0.694. The van der Waals surface area contributed by atoms with Gasteiger partial charge >= 0.3 is 0 Å². The minimum Gasteiger partial charge on any atom is -0.350 e. The van der Waals surface area contributed by atoms with Gasteiger partial charge in [0.15, 0.2) is 0 Å². The summed E-state index contributed by atoms with van der Waals surface area (Å²) in [7, 11) is 0. The zero-order valence-electron chi connectivity index (χ0n) is 10.1. The molecule has 86 valence electrons. The predicted molar refractivity (Wildman–Crippen MR) is 60.2 cm³/mol. The van der Waals surface area contributed by atoms with Gasteiger partial charge < -0.3 is 5.32 Å². The van der Waals surface area contributed by atoms with E-state index in [0.29, 0.717) is 13.1 Å². The van der Waals surface area contributed by atoms with Gasteiger partial charge in [-0.25, -0.2) is 0 Å². The monoisotopic (exact) mass is 211 g/mol. The highest BCUT2D eigenvalue weighted by Crippen LogP contribution is 1.99. The molecule has 0 aliphatic rings. The molecule has 1 amide bonds. The summed E-state index contributed by atoms with van der Waals surface area (Å²) in [4.78, 5) is 13.4. The van der Waals surface area contributed by atoms with Crippen LogP contribution in [0, 0.1) is 11.3 Å². The number of rotatable bonds is 5. The summed E-state index contributed by atoms with van der Waals surface area (Å²) < 4.78 is 0. The van der Waals surface area contributed by atoms with Crippen LogP contribution in [0.15, 0.2) is 0 Å². The van der Waals surface area contributed by atoms with Gasteiger partial charge in [-0.1, -0.05) is 6.92 Å². The molecule has 0 aliphatic heterocycles. The van der Waals surface area contributed by atoms with Crippen LogP contribution in [-0.2, 0) is 4.79 Å². The van der Waals surface area contributed by atoms with Gasteiger partial charge in [-0.15, -0.1) is 0 Å². The fourth-order valence-corrected chi connectivity index (χ4v) is 1.29. The third kappa shape index (κ3) is 7.95. The first-order valence-electron chi connectivity index (χ1n) is 5.29. The van der Waals surface area contributed by atoms with E-state index in [0.717, 1.165) is 13.0 Å². The third-order valence-corrected chi connectivity index (χ3v) is 1.72. The SMILES string of the molecule is CCCN(CC#N)CC(=O)NC(C)(C)C. The summed E-state index contributed by atoms with van der Waals surface area (Å²) in [5, 5.41) is 11.5. The maximum Gasteiger partial charge on any atom is 0.234 e. The van der Waals surface area contributed by atoms with E-state index in [1.54, 1.807) is 0 Å². The summed E-state index contributed by atoms with van der Waals surface area (Å²) in [6.07, 6.45) is 0.949. The van der Waals surface area contributed by atoms with Gasteiger partial charge in [0.05, 0.1) is 19.2 Å². The maximum atomic E-state index is 11.6. The molecule has 0 saturated heterocycles. The molecule has 4 heteroatoms. The van der Waals surface area contributed by atoms with Crippen molar-refractivity contribution in [1.82, 2.24) is 10.2 Å². The van der Waals surface area contributed by atoms with Crippen LogP contribution in [0.1, 0.15) is 34.1 Å². The van der Waals surface area contributed by atoms with Gasteiger partial charge in [-0.05, 0) is 33.7 Å². The zero-order chi connectivity index (χ0) is 11.9. The second-order valence-electron chi connectivity index (χ2n) is 4.67. The molecule has 0 fully saturated rings. The lowest BCUT2D eigenvalue weighted by molar-refractivity contribution is -0.123. The summed E-state index contributed by atoms with van der Waals surface area (Å²) >= 11 is 0. The number of hydrogen-bond donors (Lipinski definition) is 1. The average Bonchev–Trinajstić information content (AvgIpc) is 2.00. The lowest BCUT2D eigenvalue weighted by atomic mass is 10.1. The highest BCUT2D eigenvalue weighted by Gasteiger charge is 2.15. The van der Waals surface area contributed by atoms with Crippen LogP contribution in [0.2, 0.25) is 0 Å². The number of nitrogens with one attached hydrogen (secondary N) is 1. The lowest BCUT2D eigenvalue weighted by Crippen LogP contribution is -2.46. The van der Waals surface area contributed by atoms with Crippen LogP contribution >= 0.6 is 0 Å². The van der Waals surface area contributed by atoms with Crippen LogP contribution in [0.5, 0.6) is 0 Å². The second kappa shape index (κ2) is 6.41. The minimum absolute atomic E-state index is 0.0220. The summed E-state index contributed by atoms with van der Waals surface area (Å²) in [5.74, 6) is -0.0220. The fraction of sp³-hybridized carbons (Fsp3) is 0.818. The van der Waals surface area contributed by atoms with E-state index < -0.39 is 0 Å². The number of nitrogens with zero attached hydrogens (tertiary/aromatic N) is 2. The van der Waals surface area contributed by atoms with Gasteiger partial charge in [0, 0.05) is 5.54 Å². The Kier molecular flexibility index (Phi) is 5.95. The summed E-state index contributed by atoms with van der Waals surface area (Å²) in [6.45, 7) is 9.26. The van der Waals surface area contributed by atoms with Crippen LogP contribution in [0.4, 0.5) is 0 Å². The Morgan fingerprint density at radius 3 is 2.47 bits per heavy atom. The van der Waals surface area contributed by atoms with Crippen molar-refractivity contribution in [1.29, 1.82) is 5.26 Å². The molecular formula is C11H21N3O. The van der Waals surface area contributed by atoms with Gasteiger partial charge in [-0.2, -0.15) is 5.26 Å². The smallest absolute Gasteiger partial charge is 0.234 e. The van der Waals surface area contributed by atoms with Crippen molar-refractivity contribution >= 4 is 5.91 Å². The van der Waals surface area contributed by atoms with Crippen molar-refractivity contribution in [3.63, 3.8) is 0 Å². The Bertz CT molecular complexity index is 237. The highest BCUT2D eigenvalue weighted by atomic mass is 16.2. The molecule has 0 aliphatic carbocycles. The van der Waals surface area contributed by atoms with Crippen molar-refractivity contribution in [2.75, 3.05) is 19.6 Å². The standard InChI is InChI=1S/C11H21N3O/c1-5-7-14(8-6-12)9-10(15)13-11(2,3)4/h5,7-9H2,1-4H3,(H,13,15). The molecule has 0 spiro atoms. The Morgan fingerprint density at radius 1 is 1.47 bits per heavy atom. The molecule has 15 heavy (non-hydrogen) atoms. The van der Waals surface area contributed by atoms with Crippen molar-refractivity contribution in [3.05, 3.63) is 0 Å². The molecule has 0 unspecified atom stereocenters. The topological polar surface area (TPSA) is 56.1 Å². The molecule has 0 aromatic heterocycles. The van der Waals surface area contributed by atoms with Gasteiger partial charge in [0.25, 0.3) is 0 Å². The first kappa shape index (κ1) is 13.9. The molecule has 0 heterocycles. The lowest BCUT2D eigenvalue weighted by Gasteiger charge is -2.23. The molecular weight excluding hydrogens is 190 g/mol. The predicted octanol–water partition coefficient (Wildman–Crippen LogP) is 1.14. The second-order valence-corrected chi connectivity index (χ2v) is 4.67. The Hall–Kier alpha value is -1.08. The maximum absolute atomic E-state index is 11.6. The van der Waals surface area contributed by atoms with Crippen molar-refractivity contribution in [2.45, 2.75) is 39.7 Å². The Morgan fingerprint density at radius 2 is 2.07 bits per heavy atom. The van der Waals surface area contributed by atoms with E-state index in [1.165, 1.54) is 0 Å². The molecule has 0 rings (SSSR count). The fourth-order valence-electron chi connectivity index (χ4n) is 1.29. The number of nitriles is 1. The van der Waals surface area contributed by atoms with Crippen LogP contribution < -0.4 is 5.32 Å². The van der Waals surface area contributed by atoms with Crippen molar-refractivity contribution < 1.29 is 4.79 Å². The molecule has 0 saturated carbocycles. The van der Waals surface area contributed by atoms with Gasteiger partial charge in [-0.3, -0.25) is 9.69 Å². The molecule has 0 atom stereocenters. The number of carbonyl (C=O) groups excluding carboxylic acids is 1. The number of amides is 1. The van der Waals surface area contributed by atoms with E-state index in [2.05, 4.69) is 11.4 Å². The van der Waals surface area contributed by atoms with Gasteiger partial charge in [0.2, 0.25) is 5.91 Å². The van der Waals surface area contributed by atoms with Crippen LogP contribution in [-0.4, -0.2) is 36.0 Å². The number of carbonyl (C=O) groups is 1. The average molecular weight is 211 g/mol. The van der Waals surface area contributed by atoms with E-state index in [4.69, 9.17) is 5.26 Å². The molecule has 0 aromatic rings. The van der Waals surface area contributed by atoms with Crippen LogP contribution in [0.25, 0.3) is 0 Å². The molecule has 0 aromatic carbocycles. The van der Waals surface area contributed by atoms with E-state index in [9.17, 15) is 4.79 Å². The Balaban J connectivity index is 4.06. The molecule has 4 nitrogen and oxygen atoms in total. The summed E-state index contributed by atoms with van der Waals surface area (Å²) in [6, 6.07) is 2.07. The minimum atomic E-state index is -0.207. The van der Waals surface area contributed by atoms with E-state index >= 15 is 0 Å². The largest absolute Gasteiger partial charge is 0.350 e. The summed E-state index contributed by atoms with van der Waals surface area (Å²) in [5.41, 5.74) is -0.207. The van der Waals surface area contributed by atoms with Crippen molar-refractivity contribution in [2.24, 2.45) is 0 Å². The number of hydrogen-bond acceptors (Lipinski definition) is 3. The molecule has 0 radical (unpaired) electrons. The van der Waals surface area contributed by atoms with Crippen LogP contribution in [0.3, 0.4) is 0 Å². The highest BCUT2D eigenvalue weighted by molar-refractivity contribution is 5.78. The normalized spacial score (nSPS) is 11.2. The van der Waals surface area contributed by atoms with Crippen molar-refractivity contribution in [3.8, 4) is 6.07 Å². The Labute approximate surface area is 92.3 Å². The third-order valence-electron chi connectivity index (χ3n) is 1.72. The first-order chi connectivity index (χ1) is 6.89. The first-order valence-corrected chi connectivity index (χ1v) is 5.29. The van der Waals surface area contributed by atoms with E-state index in [-0.39, 0.29) is 11.4 Å². The van der Waals surface area contributed by atoms with Gasteiger partial charge in [0.1, 0.15) is 0 Å². The molecule has 0 bridgehead atoms. The molecule has 1 N–H and O–H groups in total.